The number of pyridine rings is 1. The van der Waals surface area contributed by atoms with E-state index in [1.807, 2.05) is 24.4 Å². The summed E-state index contributed by atoms with van der Waals surface area (Å²) in [7, 11) is 1.71. The van der Waals surface area contributed by atoms with Gasteiger partial charge in [0.2, 0.25) is 0 Å². The zero-order chi connectivity index (χ0) is 22.2. The van der Waals surface area contributed by atoms with Crippen LogP contribution in [0.15, 0.2) is 47.6 Å². The van der Waals surface area contributed by atoms with Gasteiger partial charge in [-0.2, -0.15) is 0 Å². The maximum Gasteiger partial charge on any atom is 0.194 e. The quantitative estimate of drug-likeness (QED) is 0.548. The molecule has 0 aliphatic carbocycles. The van der Waals surface area contributed by atoms with Crippen molar-refractivity contribution in [3.63, 3.8) is 0 Å². The Morgan fingerprint density at radius 3 is 2.62 bits per heavy atom. The van der Waals surface area contributed by atoms with Gasteiger partial charge in [-0.05, 0) is 25.1 Å². The Hall–Kier alpha value is -3.00. The number of ether oxygens (including phenoxy) is 2. The summed E-state index contributed by atoms with van der Waals surface area (Å²) in [6, 6.07) is 12.4. The first-order chi connectivity index (χ1) is 15.8. The highest BCUT2D eigenvalue weighted by molar-refractivity contribution is 5.80. The molecule has 0 bridgehead atoms. The lowest BCUT2D eigenvalue weighted by Crippen LogP contribution is -2.52. The first-order valence-electron chi connectivity index (χ1n) is 11.5. The Balaban J connectivity index is 1.42. The summed E-state index contributed by atoms with van der Waals surface area (Å²) >= 11 is 0. The Morgan fingerprint density at radius 2 is 1.88 bits per heavy atom. The number of methoxy groups -OCH3 is 1. The van der Waals surface area contributed by atoms with Gasteiger partial charge >= 0.3 is 0 Å². The Kier molecular flexibility index (Phi) is 7.66. The second kappa shape index (κ2) is 11.0. The summed E-state index contributed by atoms with van der Waals surface area (Å²) in [6.07, 6.45) is 1.86. The molecule has 2 fully saturated rings. The van der Waals surface area contributed by atoms with Gasteiger partial charge in [0, 0.05) is 69.3 Å². The van der Waals surface area contributed by atoms with E-state index in [0.717, 1.165) is 82.1 Å². The van der Waals surface area contributed by atoms with E-state index in [1.165, 1.54) is 5.69 Å². The Bertz CT molecular complexity index is 892. The molecule has 2 aliphatic rings. The molecule has 0 amide bonds. The number of guanidine groups is 1. The number of benzene rings is 1. The normalized spacial score (nSPS) is 17.4. The molecule has 0 atom stereocenters. The first-order valence-corrected chi connectivity index (χ1v) is 11.5. The van der Waals surface area contributed by atoms with Gasteiger partial charge in [0.05, 0.1) is 26.9 Å². The van der Waals surface area contributed by atoms with Crippen molar-refractivity contribution >= 4 is 17.5 Å². The molecule has 0 unspecified atom stereocenters. The van der Waals surface area contributed by atoms with Crippen molar-refractivity contribution in [3.8, 4) is 5.75 Å². The molecule has 8 heteroatoms. The highest BCUT2D eigenvalue weighted by atomic mass is 16.5. The number of hydrogen-bond donors (Lipinski definition) is 1. The fraction of sp³-hybridized carbons (Fsp3) is 0.500. The number of piperazine rings is 1. The summed E-state index contributed by atoms with van der Waals surface area (Å²) in [4.78, 5) is 16.7. The van der Waals surface area contributed by atoms with Crippen LogP contribution in [0.5, 0.6) is 5.75 Å². The van der Waals surface area contributed by atoms with Gasteiger partial charge in [0.25, 0.3) is 0 Å². The van der Waals surface area contributed by atoms with Crippen molar-refractivity contribution < 1.29 is 9.47 Å². The molecule has 0 saturated carbocycles. The highest BCUT2D eigenvalue weighted by Crippen LogP contribution is 2.23. The zero-order valence-electron chi connectivity index (χ0n) is 19.2. The SMILES string of the molecule is CCNC(=NCc1cccnc1N1CCOCC1)N1CCN(c2cccc(OC)c2)CC1. The van der Waals surface area contributed by atoms with Crippen LogP contribution < -0.4 is 19.9 Å². The summed E-state index contributed by atoms with van der Waals surface area (Å²) in [5.41, 5.74) is 2.36. The van der Waals surface area contributed by atoms with E-state index >= 15 is 0 Å². The number of anilines is 2. The summed E-state index contributed by atoms with van der Waals surface area (Å²) in [5.74, 6) is 2.89. The number of aliphatic imine (C=N–C) groups is 1. The van der Waals surface area contributed by atoms with Gasteiger partial charge in [-0.3, -0.25) is 0 Å². The van der Waals surface area contributed by atoms with Crippen molar-refractivity contribution in [1.82, 2.24) is 15.2 Å². The predicted molar refractivity (Wildman–Crippen MR) is 129 cm³/mol. The lowest BCUT2D eigenvalue weighted by atomic mass is 10.2. The molecule has 2 aromatic rings. The minimum atomic E-state index is 0.610. The van der Waals surface area contributed by atoms with Crippen LogP contribution in [0.25, 0.3) is 0 Å². The lowest BCUT2D eigenvalue weighted by molar-refractivity contribution is 0.122. The molecule has 172 valence electrons. The van der Waals surface area contributed by atoms with Crippen molar-refractivity contribution in [2.24, 2.45) is 4.99 Å². The molecule has 2 aliphatic heterocycles. The molecular formula is C24H34N6O2. The fourth-order valence-corrected chi connectivity index (χ4v) is 4.18. The van der Waals surface area contributed by atoms with E-state index in [9.17, 15) is 0 Å². The molecule has 8 nitrogen and oxygen atoms in total. The van der Waals surface area contributed by atoms with Gasteiger partial charge in [0.1, 0.15) is 11.6 Å². The number of nitrogens with one attached hydrogen (secondary N) is 1. The van der Waals surface area contributed by atoms with E-state index in [1.54, 1.807) is 7.11 Å². The van der Waals surface area contributed by atoms with Crippen LogP contribution in [-0.4, -0.2) is 82.0 Å². The average molecular weight is 439 g/mol. The molecule has 3 heterocycles. The number of nitrogens with zero attached hydrogens (tertiary/aromatic N) is 5. The van der Waals surface area contributed by atoms with E-state index in [0.29, 0.717) is 6.54 Å². The molecule has 2 saturated heterocycles. The van der Waals surface area contributed by atoms with Crippen molar-refractivity contribution in [2.75, 3.05) is 75.9 Å². The molecule has 1 aromatic heterocycles. The van der Waals surface area contributed by atoms with Crippen molar-refractivity contribution in [2.45, 2.75) is 13.5 Å². The third-order valence-corrected chi connectivity index (χ3v) is 5.91. The lowest BCUT2D eigenvalue weighted by Gasteiger charge is -2.37. The van der Waals surface area contributed by atoms with Crippen LogP contribution in [0, 0.1) is 0 Å². The van der Waals surface area contributed by atoms with E-state index in [2.05, 4.69) is 50.1 Å². The van der Waals surface area contributed by atoms with E-state index in [4.69, 9.17) is 14.5 Å². The average Bonchev–Trinajstić information content (AvgIpc) is 2.87. The topological polar surface area (TPSA) is 65.5 Å². The van der Waals surface area contributed by atoms with Crippen LogP contribution in [-0.2, 0) is 11.3 Å². The number of rotatable bonds is 6. The first kappa shape index (κ1) is 22.2. The number of hydrogen-bond acceptors (Lipinski definition) is 6. The standard InChI is InChI=1S/C24H34N6O2/c1-3-25-24(27-19-20-6-5-9-26-23(20)29-14-16-32-17-15-29)30-12-10-28(11-13-30)21-7-4-8-22(18-21)31-2/h4-9,18H,3,10-17,19H2,1-2H3,(H,25,27). The smallest absolute Gasteiger partial charge is 0.194 e. The zero-order valence-corrected chi connectivity index (χ0v) is 19.2. The number of morpholine rings is 1. The van der Waals surface area contributed by atoms with Crippen LogP contribution in [0.1, 0.15) is 12.5 Å². The molecule has 32 heavy (non-hydrogen) atoms. The van der Waals surface area contributed by atoms with Crippen molar-refractivity contribution in [3.05, 3.63) is 48.2 Å². The van der Waals surface area contributed by atoms with Gasteiger partial charge in [-0.25, -0.2) is 9.98 Å². The molecule has 1 N–H and O–H groups in total. The molecule has 0 radical (unpaired) electrons. The van der Waals surface area contributed by atoms with E-state index < -0.39 is 0 Å². The van der Waals surface area contributed by atoms with Crippen LogP contribution in [0.2, 0.25) is 0 Å². The minimum Gasteiger partial charge on any atom is -0.497 e. The number of aromatic nitrogens is 1. The third-order valence-electron chi connectivity index (χ3n) is 5.91. The van der Waals surface area contributed by atoms with Crippen LogP contribution in [0.4, 0.5) is 11.5 Å². The third kappa shape index (κ3) is 5.43. The molecule has 4 rings (SSSR count). The Labute approximate surface area is 190 Å². The molecule has 0 spiro atoms. The Morgan fingerprint density at radius 1 is 1.06 bits per heavy atom. The summed E-state index contributed by atoms with van der Waals surface area (Å²) < 4.78 is 10.9. The molecule has 1 aromatic carbocycles. The van der Waals surface area contributed by atoms with Crippen LogP contribution >= 0.6 is 0 Å². The highest BCUT2D eigenvalue weighted by Gasteiger charge is 2.21. The minimum absolute atomic E-state index is 0.610. The van der Waals surface area contributed by atoms with Gasteiger partial charge in [-0.1, -0.05) is 12.1 Å². The van der Waals surface area contributed by atoms with Gasteiger partial charge < -0.3 is 29.5 Å². The maximum atomic E-state index is 5.50. The van der Waals surface area contributed by atoms with E-state index in [-0.39, 0.29) is 0 Å². The van der Waals surface area contributed by atoms with Gasteiger partial charge in [-0.15, -0.1) is 0 Å². The predicted octanol–water partition coefficient (Wildman–Crippen LogP) is 2.21. The summed E-state index contributed by atoms with van der Waals surface area (Å²) in [5, 5.41) is 3.48. The second-order valence-corrected chi connectivity index (χ2v) is 7.93. The monoisotopic (exact) mass is 438 g/mol. The van der Waals surface area contributed by atoms with Crippen LogP contribution in [0.3, 0.4) is 0 Å². The summed E-state index contributed by atoms with van der Waals surface area (Å²) in [6.45, 7) is 10.6. The second-order valence-electron chi connectivity index (χ2n) is 7.93. The largest absolute Gasteiger partial charge is 0.497 e. The fourth-order valence-electron chi connectivity index (χ4n) is 4.18. The maximum absolute atomic E-state index is 5.50. The molecular weight excluding hydrogens is 404 g/mol. The van der Waals surface area contributed by atoms with Gasteiger partial charge in [0.15, 0.2) is 5.96 Å². The van der Waals surface area contributed by atoms with Crippen molar-refractivity contribution in [1.29, 1.82) is 0 Å².